The highest BCUT2D eigenvalue weighted by atomic mass is 16.5. The molecule has 0 saturated heterocycles. The van der Waals surface area contributed by atoms with E-state index in [1.54, 1.807) is 28.4 Å². The van der Waals surface area contributed by atoms with Gasteiger partial charge in [0.05, 0.1) is 45.8 Å². The van der Waals surface area contributed by atoms with Gasteiger partial charge in [0, 0.05) is 18.9 Å². The van der Waals surface area contributed by atoms with Gasteiger partial charge in [0.15, 0.2) is 11.5 Å². The van der Waals surface area contributed by atoms with Crippen LogP contribution in [0.15, 0.2) is 35.4 Å². The van der Waals surface area contributed by atoms with E-state index >= 15 is 0 Å². The Morgan fingerprint density at radius 3 is 2.24 bits per heavy atom. The third kappa shape index (κ3) is 4.04. The van der Waals surface area contributed by atoms with E-state index in [0.717, 1.165) is 22.4 Å². The van der Waals surface area contributed by atoms with Gasteiger partial charge in [-0.1, -0.05) is 0 Å². The van der Waals surface area contributed by atoms with Crippen LogP contribution >= 0.6 is 0 Å². The summed E-state index contributed by atoms with van der Waals surface area (Å²) >= 11 is 0. The van der Waals surface area contributed by atoms with Gasteiger partial charge in [-0.25, -0.2) is 5.01 Å². The molecule has 2 heterocycles. The molecule has 0 aromatic heterocycles. The molecule has 2 aliphatic rings. The lowest BCUT2D eigenvalue weighted by molar-refractivity contribution is -0.130. The first-order valence-corrected chi connectivity index (χ1v) is 11.0. The highest BCUT2D eigenvalue weighted by molar-refractivity contribution is 6.06. The van der Waals surface area contributed by atoms with Crippen molar-refractivity contribution in [3.05, 3.63) is 47.0 Å². The molecule has 2 aromatic carbocycles. The highest BCUT2D eigenvalue weighted by Crippen LogP contribution is 2.45. The van der Waals surface area contributed by atoms with Crippen LogP contribution in [0.5, 0.6) is 28.7 Å². The largest absolute Gasteiger partial charge is 0.496 e. The second-order valence-electron chi connectivity index (χ2n) is 8.69. The fourth-order valence-electron chi connectivity index (χ4n) is 4.35. The smallest absolute Gasteiger partial charge is 0.240 e. The number of hydrogen-bond acceptors (Lipinski definition) is 7. The second-order valence-corrected chi connectivity index (χ2v) is 8.69. The van der Waals surface area contributed by atoms with Crippen molar-refractivity contribution in [2.45, 2.75) is 38.8 Å². The van der Waals surface area contributed by atoms with Gasteiger partial charge < -0.3 is 23.7 Å². The summed E-state index contributed by atoms with van der Waals surface area (Å²) in [7, 11) is 6.32. The van der Waals surface area contributed by atoms with E-state index in [0.29, 0.717) is 35.2 Å². The van der Waals surface area contributed by atoms with E-state index in [4.69, 9.17) is 28.8 Å². The number of rotatable bonds is 6. The first kappa shape index (κ1) is 23.5. The van der Waals surface area contributed by atoms with Gasteiger partial charge in [-0.15, -0.1) is 0 Å². The van der Waals surface area contributed by atoms with Gasteiger partial charge >= 0.3 is 0 Å². The number of benzene rings is 2. The molecular weight excluding hydrogens is 436 g/mol. The molecule has 0 radical (unpaired) electrons. The van der Waals surface area contributed by atoms with E-state index in [1.165, 1.54) is 11.9 Å². The maximum absolute atomic E-state index is 12.6. The summed E-state index contributed by atoms with van der Waals surface area (Å²) in [5.74, 6) is 2.77. The molecule has 0 N–H and O–H groups in total. The van der Waals surface area contributed by atoms with Crippen LogP contribution in [0.1, 0.15) is 49.9 Å². The van der Waals surface area contributed by atoms with Crippen LogP contribution in [0.25, 0.3) is 6.08 Å². The molecule has 0 spiro atoms. The Kier molecular flexibility index (Phi) is 6.17. The number of amides is 1. The van der Waals surface area contributed by atoms with E-state index in [2.05, 4.69) is 0 Å². The summed E-state index contributed by atoms with van der Waals surface area (Å²) in [5, 5.41) is 6.22. The number of fused-ring (bicyclic) bond motifs is 1. The van der Waals surface area contributed by atoms with Crippen molar-refractivity contribution in [2.24, 2.45) is 5.10 Å². The number of hydrazone groups is 1. The van der Waals surface area contributed by atoms with E-state index < -0.39 is 5.60 Å². The highest BCUT2D eigenvalue weighted by Gasteiger charge is 2.36. The van der Waals surface area contributed by atoms with Crippen LogP contribution in [0.2, 0.25) is 0 Å². The number of carbonyl (C=O) groups is 1. The molecule has 2 aliphatic heterocycles. The number of nitrogens with zero attached hydrogens (tertiary/aromatic N) is 2. The number of ether oxygens (including phenoxy) is 5. The Hall–Kier alpha value is -3.68. The molecule has 1 unspecified atom stereocenters. The average Bonchev–Trinajstić information content (AvgIpc) is 3.27. The summed E-state index contributed by atoms with van der Waals surface area (Å²) in [4.78, 5) is 12.6. The average molecular weight is 467 g/mol. The lowest BCUT2D eigenvalue weighted by atomic mass is 9.93. The van der Waals surface area contributed by atoms with Gasteiger partial charge in [-0.05, 0) is 55.8 Å². The lowest BCUT2D eigenvalue weighted by Crippen LogP contribution is -2.28. The maximum atomic E-state index is 12.6. The van der Waals surface area contributed by atoms with Gasteiger partial charge in [0.25, 0.3) is 0 Å². The maximum Gasteiger partial charge on any atom is 0.240 e. The summed E-state index contributed by atoms with van der Waals surface area (Å²) in [6, 6.07) is 7.19. The molecule has 4 rings (SSSR count). The standard InChI is InChI=1S/C26H30N2O6/c1-15(29)28-20(16-12-22(31-5)25(33-7)23(13-16)32-6)14-19(27-28)17-8-9-21(30-4)18-10-11-26(2,3)34-24(17)18/h8-13,20H,14H2,1-7H3. The van der Waals surface area contributed by atoms with Crippen molar-refractivity contribution >= 4 is 17.7 Å². The first-order chi connectivity index (χ1) is 16.2. The zero-order valence-electron chi connectivity index (χ0n) is 20.6. The molecule has 0 fully saturated rings. The predicted molar refractivity (Wildman–Crippen MR) is 129 cm³/mol. The van der Waals surface area contributed by atoms with Gasteiger partial charge in [0.1, 0.15) is 17.1 Å². The van der Waals surface area contributed by atoms with Crippen LogP contribution in [-0.2, 0) is 4.79 Å². The minimum Gasteiger partial charge on any atom is -0.496 e. The van der Waals surface area contributed by atoms with Gasteiger partial charge in [-0.2, -0.15) is 5.10 Å². The quantitative estimate of drug-likeness (QED) is 0.619. The molecule has 1 amide bonds. The Bertz CT molecular complexity index is 1160. The van der Waals surface area contributed by atoms with Crippen molar-refractivity contribution in [2.75, 3.05) is 28.4 Å². The SMILES string of the molecule is COc1ccc(C2=NN(C(C)=O)C(c3cc(OC)c(OC)c(OC)c3)C2)c2c1C=CC(C)(C)O2. The Labute approximate surface area is 199 Å². The molecule has 34 heavy (non-hydrogen) atoms. The Balaban J connectivity index is 1.79. The third-order valence-corrected chi connectivity index (χ3v) is 6.01. The van der Waals surface area contributed by atoms with Crippen molar-refractivity contribution in [1.82, 2.24) is 5.01 Å². The molecule has 8 heteroatoms. The molecule has 0 bridgehead atoms. The molecule has 8 nitrogen and oxygen atoms in total. The van der Waals surface area contributed by atoms with Crippen LogP contribution in [0.3, 0.4) is 0 Å². The predicted octanol–water partition coefficient (Wildman–Crippen LogP) is 4.60. The van der Waals surface area contributed by atoms with E-state index in [9.17, 15) is 4.79 Å². The fourth-order valence-corrected chi connectivity index (χ4v) is 4.35. The fraction of sp³-hybridized carbons (Fsp3) is 0.385. The normalized spacial score (nSPS) is 18.0. The number of methoxy groups -OCH3 is 4. The van der Waals surface area contributed by atoms with Crippen molar-refractivity contribution in [3.8, 4) is 28.7 Å². The second kappa shape index (κ2) is 8.93. The molecular formula is C26H30N2O6. The van der Waals surface area contributed by atoms with Gasteiger partial charge in [-0.3, -0.25) is 4.79 Å². The zero-order valence-corrected chi connectivity index (χ0v) is 20.6. The monoisotopic (exact) mass is 466 g/mol. The molecule has 0 aliphatic carbocycles. The molecule has 2 aromatic rings. The molecule has 180 valence electrons. The first-order valence-electron chi connectivity index (χ1n) is 11.0. The van der Waals surface area contributed by atoms with Crippen LogP contribution < -0.4 is 23.7 Å². The lowest BCUT2D eigenvalue weighted by Gasteiger charge is -2.30. The van der Waals surface area contributed by atoms with Crippen LogP contribution in [-0.4, -0.2) is 50.7 Å². The van der Waals surface area contributed by atoms with Gasteiger partial charge in [0.2, 0.25) is 11.7 Å². The summed E-state index contributed by atoms with van der Waals surface area (Å²) < 4.78 is 28.4. The van der Waals surface area contributed by atoms with Crippen LogP contribution in [0.4, 0.5) is 0 Å². The molecule has 0 saturated carbocycles. The third-order valence-electron chi connectivity index (χ3n) is 6.01. The summed E-state index contributed by atoms with van der Waals surface area (Å²) in [6.07, 6.45) is 4.50. The van der Waals surface area contributed by atoms with E-state index in [-0.39, 0.29) is 11.9 Å². The molecule has 1 atom stereocenters. The van der Waals surface area contributed by atoms with Crippen molar-refractivity contribution in [3.63, 3.8) is 0 Å². The van der Waals surface area contributed by atoms with E-state index in [1.807, 2.05) is 50.3 Å². The van der Waals surface area contributed by atoms with Crippen LogP contribution in [0, 0.1) is 0 Å². The van der Waals surface area contributed by atoms with Crippen molar-refractivity contribution < 1.29 is 28.5 Å². The minimum atomic E-state index is -0.482. The number of carbonyl (C=O) groups excluding carboxylic acids is 1. The zero-order chi connectivity index (χ0) is 24.6. The Morgan fingerprint density at radius 1 is 1.03 bits per heavy atom. The topological polar surface area (TPSA) is 78.8 Å². The summed E-state index contributed by atoms with van der Waals surface area (Å²) in [6.45, 7) is 5.49. The van der Waals surface area contributed by atoms with Crippen molar-refractivity contribution in [1.29, 1.82) is 0 Å². The Morgan fingerprint density at radius 2 is 1.68 bits per heavy atom. The summed E-state index contributed by atoms with van der Waals surface area (Å²) in [5.41, 5.74) is 2.77. The number of hydrogen-bond donors (Lipinski definition) is 0. The minimum absolute atomic E-state index is 0.169.